The molecule has 37 heavy (non-hydrogen) atoms. The van der Waals surface area contributed by atoms with E-state index in [2.05, 4.69) is 5.32 Å². The van der Waals surface area contributed by atoms with Gasteiger partial charge in [0.15, 0.2) is 5.16 Å². The molecule has 1 N–H and O–H groups in total. The molecule has 0 aliphatic rings. The van der Waals surface area contributed by atoms with Crippen LogP contribution in [0.5, 0.6) is 11.5 Å². The molecule has 0 unspecified atom stereocenters. The summed E-state index contributed by atoms with van der Waals surface area (Å²) in [5.74, 6) is 0.633. The van der Waals surface area contributed by atoms with Gasteiger partial charge in [-0.2, -0.15) is 0 Å². The van der Waals surface area contributed by atoms with Crippen molar-refractivity contribution in [2.75, 3.05) is 14.2 Å². The Morgan fingerprint density at radius 2 is 1.78 bits per heavy atom. The Morgan fingerprint density at radius 1 is 1.08 bits per heavy atom. The summed E-state index contributed by atoms with van der Waals surface area (Å²) in [5, 5.41) is 3.82. The fourth-order valence-electron chi connectivity index (χ4n) is 3.68. The largest absolute Gasteiger partial charge is 0.497 e. The van der Waals surface area contributed by atoms with E-state index < -0.39 is 5.82 Å². The van der Waals surface area contributed by atoms with E-state index in [1.54, 1.807) is 42.5 Å². The van der Waals surface area contributed by atoms with Crippen molar-refractivity contribution in [2.24, 2.45) is 0 Å². The van der Waals surface area contributed by atoms with Crippen LogP contribution in [0.25, 0.3) is 16.6 Å². The normalized spacial score (nSPS) is 11.1. The lowest BCUT2D eigenvalue weighted by atomic mass is 10.1. The van der Waals surface area contributed by atoms with Crippen molar-refractivity contribution in [2.45, 2.75) is 30.8 Å². The molecule has 0 aliphatic heterocycles. The van der Waals surface area contributed by atoms with Crippen LogP contribution in [0, 0.1) is 5.82 Å². The van der Waals surface area contributed by atoms with Crippen molar-refractivity contribution in [3.05, 3.63) is 86.9 Å². The zero-order valence-electron chi connectivity index (χ0n) is 20.7. The lowest BCUT2D eigenvalue weighted by Crippen LogP contribution is -2.30. The summed E-state index contributed by atoms with van der Waals surface area (Å²) in [5.41, 5.74) is 1.61. The van der Waals surface area contributed by atoms with Crippen LogP contribution in [-0.4, -0.2) is 35.7 Å². The number of carbonyl (C=O) groups is 1. The number of methoxy groups -OCH3 is 2. The fourth-order valence-corrected chi connectivity index (χ4v) is 5.01. The molecule has 4 rings (SSSR count). The Balaban J connectivity index is 1.88. The molecule has 7 nitrogen and oxygen atoms in total. The fraction of sp³-hybridized carbons (Fsp3) is 0.222. The van der Waals surface area contributed by atoms with E-state index in [1.165, 1.54) is 42.7 Å². The van der Waals surface area contributed by atoms with E-state index in [4.69, 9.17) is 26.1 Å². The summed E-state index contributed by atoms with van der Waals surface area (Å²) in [6.07, 6.45) is 0. The molecule has 192 valence electrons. The summed E-state index contributed by atoms with van der Waals surface area (Å²) in [4.78, 5) is 31.1. The molecule has 0 radical (unpaired) electrons. The van der Waals surface area contributed by atoms with Crippen molar-refractivity contribution >= 4 is 40.2 Å². The minimum atomic E-state index is -0.435. The number of hydrogen-bond donors (Lipinski definition) is 1. The minimum Gasteiger partial charge on any atom is -0.497 e. The zero-order valence-corrected chi connectivity index (χ0v) is 22.2. The molecule has 1 aromatic heterocycles. The molecule has 0 aliphatic carbocycles. The number of hydrogen-bond acceptors (Lipinski definition) is 6. The first-order chi connectivity index (χ1) is 17.7. The molecule has 0 saturated carbocycles. The molecule has 10 heteroatoms. The number of benzene rings is 3. The van der Waals surface area contributed by atoms with Gasteiger partial charge in [0.25, 0.3) is 11.5 Å². The molecule has 0 atom stereocenters. The van der Waals surface area contributed by atoms with Gasteiger partial charge >= 0.3 is 0 Å². The van der Waals surface area contributed by atoms with Crippen LogP contribution in [-0.2, 0) is 5.75 Å². The standard InChI is InChI=1S/C27H25ClFN3O4S/c1-15(2)30-25(33)16-6-8-22-24(9-16)31-27(37-14-17-5-7-18(29)10-23(17)28)32(26(22)34)19-11-20(35-3)13-21(12-19)36-4/h5-13,15H,14H2,1-4H3,(H,30,33). The Morgan fingerprint density at radius 3 is 2.41 bits per heavy atom. The highest BCUT2D eigenvalue weighted by atomic mass is 35.5. The monoisotopic (exact) mass is 541 g/mol. The highest BCUT2D eigenvalue weighted by molar-refractivity contribution is 7.98. The number of nitrogens with zero attached hydrogens (tertiary/aromatic N) is 2. The van der Waals surface area contributed by atoms with E-state index in [0.29, 0.717) is 50.1 Å². The molecule has 0 spiro atoms. The van der Waals surface area contributed by atoms with E-state index in [9.17, 15) is 14.0 Å². The number of rotatable bonds is 8. The van der Waals surface area contributed by atoms with Crippen molar-refractivity contribution in [1.29, 1.82) is 0 Å². The van der Waals surface area contributed by atoms with Crippen molar-refractivity contribution in [3.63, 3.8) is 0 Å². The van der Waals surface area contributed by atoms with Gasteiger partial charge in [-0.05, 0) is 49.7 Å². The van der Waals surface area contributed by atoms with Gasteiger partial charge in [-0.1, -0.05) is 29.4 Å². The van der Waals surface area contributed by atoms with Crippen LogP contribution in [0.4, 0.5) is 4.39 Å². The SMILES string of the molecule is COc1cc(OC)cc(-n2c(SCc3ccc(F)cc3Cl)nc3cc(C(=O)NC(C)C)ccc3c2=O)c1. The highest BCUT2D eigenvalue weighted by Gasteiger charge is 2.18. The highest BCUT2D eigenvalue weighted by Crippen LogP contribution is 2.31. The van der Waals surface area contributed by atoms with Crippen LogP contribution in [0.2, 0.25) is 5.02 Å². The Hall–Kier alpha value is -3.56. The van der Waals surface area contributed by atoms with Crippen molar-refractivity contribution in [3.8, 4) is 17.2 Å². The predicted octanol–water partition coefficient (Wildman–Crippen LogP) is 5.63. The third-order valence-electron chi connectivity index (χ3n) is 5.49. The van der Waals surface area contributed by atoms with Crippen molar-refractivity contribution in [1.82, 2.24) is 14.9 Å². The molecule has 1 heterocycles. The smallest absolute Gasteiger partial charge is 0.266 e. The molecule has 0 saturated heterocycles. The summed E-state index contributed by atoms with van der Waals surface area (Å²) in [6, 6.07) is 14.0. The lowest BCUT2D eigenvalue weighted by Gasteiger charge is -2.16. The Labute approximate surface area is 222 Å². The van der Waals surface area contributed by atoms with E-state index in [1.807, 2.05) is 13.8 Å². The number of amides is 1. The third kappa shape index (κ3) is 5.89. The number of thioether (sulfide) groups is 1. The summed E-state index contributed by atoms with van der Waals surface area (Å²) >= 11 is 7.49. The molecule has 0 fully saturated rings. The average molecular weight is 542 g/mol. The molecule has 4 aromatic rings. The lowest BCUT2D eigenvalue weighted by molar-refractivity contribution is 0.0943. The summed E-state index contributed by atoms with van der Waals surface area (Å²) < 4.78 is 25.8. The average Bonchev–Trinajstić information content (AvgIpc) is 2.87. The second-order valence-corrected chi connectivity index (χ2v) is 9.84. The number of fused-ring (bicyclic) bond motifs is 1. The van der Waals surface area contributed by atoms with Crippen molar-refractivity contribution < 1.29 is 18.7 Å². The van der Waals surface area contributed by atoms with E-state index in [0.717, 1.165) is 0 Å². The zero-order chi connectivity index (χ0) is 26.7. The number of halogens is 2. The van der Waals surface area contributed by atoms with Gasteiger partial charge < -0.3 is 14.8 Å². The van der Waals surface area contributed by atoms with Crippen LogP contribution in [0.3, 0.4) is 0 Å². The van der Waals surface area contributed by atoms with Gasteiger partial charge in [-0.25, -0.2) is 9.37 Å². The van der Waals surface area contributed by atoms with Gasteiger partial charge in [-0.15, -0.1) is 0 Å². The first-order valence-corrected chi connectivity index (χ1v) is 12.7. The molecule has 1 amide bonds. The second-order valence-electron chi connectivity index (χ2n) is 8.49. The Kier molecular flexibility index (Phi) is 8.04. The summed E-state index contributed by atoms with van der Waals surface area (Å²) in [7, 11) is 3.05. The maximum absolute atomic E-state index is 13.8. The molecular formula is C27H25ClFN3O4S. The second kappa shape index (κ2) is 11.2. The first kappa shape index (κ1) is 26.5. The number of ether oxygens (including phenoxy) is 2. The van der Waals surface area contributed by atoms with Crippen LogP contribution >= 0.6 is 23.4 Å². The molecule has 0 bridgehead atoms. The number of carbonyl (C=O) groups excluding carboxylic acids is 1. The predicted molar refractivity (Wildman–Crippen MR) is 144 cm³/mol. The third-order valence-corrected chi connectivity index (χ3v) is 6.83. The minimum absolute atomic E-state index is 0.0428. The topological polar surface area (TPSA) is 82.4 Å². The van der Waals surface area contributed by atoms with Gasteiger partial charge in [0.1, 0.15) is 17.3 Å². The van der Waals surface area contributed by atoms with Gasteiger partial charge in [0.2, 0.25) is 0 Å². The molecule has 3 aromatic carbocycles. The van der Waals surface area contributed by atoms with Gasteiger partial charge in [0, 0.05) is 40.6 Å². The maximum atomic E-state index is 13.8. The molecular weight excluding hydrogens is 517 g/mol. The summed E-state index contributed by atoms with van der Waals surface area (Å²) in [6.45, 7) is 3.74. The quantitative estimate of drug-likeness (QED) is 0.230. The van der Waals surface area contributed by atoms with Crippen LogP contribution in [0.15, 0.2) is 64.5 Å². The van der Waals surface area contributed by atoms with Crippen LogP contribution < -0.4 is 20.3 Å². The van der Waals surface area contributed by atoms with E-state index in [-0.39, 0.29) is 22.5 Å². The first-order valence-electron chi connectivity index (χ1n) is 11.4. The Bertz CT molecular complexity index is 1520. The maximum Gasteiger partial charge on any atom is 0.266 e. The number of nitrogens with one attached hydrogen (secondary N) is 1. The van der Waals surface area contributed by atoms with Gasteiger partial charge in [0.05, 0.1) is 30.8 Å². The van der Waals surface area contributed by atoms with E-state index >= 15 is 0 Å². The number of aromatic nitrogens is 2. The van der Waals surface area contributed by atoms with Crippen LogP contribution in [0.1, 0.15) is 29.8 Å². The van der Waals surface area contributed by atoms with Gasteiger partial charge in [-0.3, -0.25) is 14.2 Å².